The molecule has 3 aromatic rings. The number of alkyl halides is 5. The van der Waals surface area contributed by atoms with Crippen LogP contribution in [-0.2, 0) is 5.92 Å². The molecule has 1 aromatic carbocycles. The highest BCUT2D eigenvalue weighted by atomic mass is 19.4. The maximum atomic E-state index is 13.7. The van der Waals surface area contributed by atoms with Crippen LogP contribution in [0.2, 0.25) is 0 Å². The molecule has 0 spiro atoms. The fourth-order valence-corrected chi connectivity index (χ4v) is 3.14. The summed E-state index contributed by atoms with van der Waals surface area (Å²) in [6.07, 6.45) is -4.25. The number of fused-ring (bicyclic) bond motifs is 3. The molecule has 26 heavy (non-hydrogen) atoms. The Hall–Kier alpha value is -2.49. The number of nitrogens with zero attached hydrogens (tertiary/aromatic N) is 3. The molecule has 10 heteroatoms. The lowest BCUT2D eigenvalue weighted by Gasteiger charge is -2.29. The van der Waals surface area contributed by atoms with E-state index in [-0.39, 0.29) is 5.39 Å². The van der Waals surface area contributed by atoms with Gasteiger partial charge in [-0.25, -0.2) is 4.98 Å². The quantitative estimate of drug-likeness (QED) is 0.680. The van der Waals surface area contributed by atoms with Crippen molar-refractivity contribution in [1.82, 2.24) is 20.5 Å². The van der Waals surface area contributed by atoms with Gasteiger partial charge < -0.3 is 10.2 Å². The maximum absolute atomic E-state index is 13.7. The fraction of sp³-hybridized carbons (Fsp3) is 0.375. The Balaban J connectivity index is 1.90. The number of piperazine rings is 1. The van der Waals surface area contributed by atoms with Crippen LogP contribution in [-0.4, -0.2) is 47.5 Å². The Labute approximate surface area is 144 Å². The average Bonchev–Trinajstić information content (AvgIpc) is 3.10. The third kappa shape index (κ3) is 2.56. The predicted octanol–water partition coefficient (Wildman–Crippen LogP) is 3.17. The lowest BCUT2D eigenvalue weighted by molar-refractivity contribution is -0.289. The van der Waals surface area contributed by atoms with Gasteiger partial charge in [0, 0.05) is 42.5 Å². The molecule has 0 bridgehead atoms. The van der Waals surface area contributed by atoms with Crippen LogP contribution in [0.3, 0.4) is 0 Å². The number of halogens is 5. The lowest BCUT2D eigenvalue weighted by Crippen LogP contribution is -2.44. The van der Waals surface area contributed by atoms with Crippen molar-refractivity contribution in [3.63, 3.8) is 0 Å². The predicted molar refractivity (Wildman–Crippen MR) is 86.4 cm³/mol. The molecule has 1 fully saturated rings. The first kappa shape index (κ1) is 17.0. The number of nitrogens with one attached hydrogen (secondary N) is 2. The summed E-state index contributed by atoms with van der Waals surface area (Å²) in [6, 6.07) is 2.81. The summed E-state index contributed by atoms with van der Waals surface area (Å²) in [5.74, 6) is -4.32. The number of H-pyrrole nitrogens is 1. The molecule has 5 nitrogen and oxygen atoms in total. The van der Waals surface area contributed by atoms with Gasteiger partial charge in [-0.1, -0.05) is 6.07 Å². The molecule has 138 valence electrons. The molecule has 0 aliphatic carbocycles. The number of aromatic nitrogens is 3. The van der Waals surface area contributed by atoms with Gasteiger partial charge in [0.25, 0.3) is 0 Å². The summed E-state index contributed by atoms with van der Waals surface area (Å²) in [7, 11) is 0. The zero-order valence-corrected chi connectivity index (χ0v) is 13.4. The zero-order chi connectivity index (χ0) is 18.5. The minimum atomic E-state index is -5.66. The number of pyridine rings is 1. The van der Waals surface area contributed by atoms with Crippen LogP contribution in [0.4, 0.5) is 27.8 Å². The molecule has 2 aromatic heterocycles. The molecule has 0 atom stereocenters. The Morgan fingerprint density at radius 1 is 1.00 bits per heavy atom. The van der Waals surface area contributed by atoms with Gasteiger partial charge in [-0.15, -0.1) is 0 Å². The Morgan fingerprint density at radius 2 is 1.73 bits per heavy atom. The molecule has 0 unspecified atom stereocenters. The SMILES string of the molecule is FC(F)(F)C(F)(F)c1ccc2nc(N3CCNCC3)c3[nH]ncc3c2c1. The van der Waals surface area contributed by atoms with Crippen molar-refractivity contribution in [1.29, 1.82) is 0 Å². The molecule has 0 saturated carbocycles. The van der Waals surface area contributed by atoms with E-state index in [0.717, 1.165) is 25.2 Å². The van der Waals surface area contributed by atoms with Crippen molar-refractivity contribution in [3.8, 4) is 0 Å². The van der Waals surface area contributed by atoms with E-state index in [2.05, 4.69) is 20.5 Å². The number of hydrogen-bond donors (Lipinski definition) is 2. The topological polar surface area (TPSA) is 56.8 Å². The Morgan fingerprint density at radius 3 is 2.42 bits per heavy atom. The van der Waals surface area contributed by atoms with Crippen LogP contribution in [0.1, 0.15) is 5.56 Å². The summed E-state index contributed by atoms with van der Waals surface area (Å²) >= 11 is 0. The van der Waals surface area contributed by atoms with Crippen molar-refractivity contribution in [2.45, 2.75) is 12.1 Å². The second kappa shape index (κ2) is 5.76. The molecule has 4 rings (SSSR count). The second-order valence-corrected chi connectivity index (χ2v) is 6.14. The summed E-state index contributed by atoms with van der Waals surface area (Å²) in [6.45, 7) is 2.95. The number of aromatic amines is 1. The lowest BCUT2D eigenvalue weighted by atomic mass is 10.0. The van der Waals surface area contributed by atoms with Gasteiger partial charge in [0.2, 0.25) is 0 Å². The van der Waals surface area contributed by atoms with Gasteiger partial charge in [0.05, 0.1) is 11.7 Å². The van der Waals surface area contributed by atoms with Gasteiger partial charge in [-0.3, -0.25) is 5.10 Å². The molecule has 0 radical (unpaired) electrons. The van der Waals surface area contributed by atoms with Gasteiger partial charge in [0.15, 0.2) is 5.82 Å². The fourth-order valence-electron chi connectivity index (χ4n) is 3.14. The molecule has 1 aliphatic heterocycles. The van der Waals surface area contributed by atoms with E-state index >= 15 is 0 Å². The molecular formula is C16H14F5N5. The summed E-state index contributed by atoms with van der Waals surface area (Å²) in [5.41, 5.74) is -0.252. The standard InChI is InChI=1S/C16H14F5N5/c17-15(18,16(19,20)21)9-1-2-12-10(7-9)11-8-23-25-13(11)14(24-12)26-5-3-22-4-6-26/h1-2,7-8,22H,3-6H2,(H,23,25). The van der Waals surface area contributed by atoms with Crippen LogP contribution >= 0.6 is 0 Å². The van der Waals surface area contributed by atoms with E-state index < -0.39 is 17.7 Å². The number of hydrogen-bond acceptors (Lipinski definition) is 4. The first-order chi connectivity index (χ1) is 12.3. The summed E-state index contributed by atoms with van der Waals surface area (Å²) < 4.78 is 65.5. The minimum absolute atomic E-state index is 0.203. The Kier molecular flexibility index (Phi) is 3.76. The monoisotopic (exact) mass is 371 g/mol. The number of rotatable bonds is 2. The van der Waals surface area contributed by atoms with Crippen molar-refractivity contribution in [2.75, 3.05) is 31.1 Å². The van der Waals surface area contributed by atoms with Crippen molar-refractivity contribution in [3.05, 3.63) is 30.0 Å². The van der Waals surface area contributed by atoms with Crippen LogP contribution in [0.5, 0.6) is 0 Å². The molecule has 1 aliphatic rings. The third-order valence-corrected chi connectivity index (χ3v) is 4.51. The second-order valence-electron chi connectivity index (χ2n) is 6.14. The maximum Gasteiger partial charge on any atom is 0.458 e. The first-order valence-corrected chi connectivity index (χ1v) is 7.96. The highest BCUT2D eigenvalue weighted by Crippen LogP contribution is 2.45. The average molecular weight is 371 g/mol. The van der Waals surface area contributed by atoms with Gasteiger partial charge in [-0.05, 0) is 12.1 Å². The summed E-state index contributed by atoms with van der Waals surface area (Å²) in [5, 5.41) is 10.6. The van der Waals surface area contributed by atoms with E-state index in [1.165, 1.54) is 12.3 Å². The summed E-state index contributed by atoms with van der Waals surface area (Å²) in [4.78, 5) is 6.51. The first-order valence-electron chi connectivity index (χ1n) is 7.96. The van der Waals surface area contributed by atoms with E-state index in [1.807, 2.05) is 4.90 Å². The molecule has 1 saturated heterocycles. The van der Waals surface area contributed by atoms with Crippen LogP contribution < -0.4 is 10.2 Å². The van der Waals surface area contributed by atoms with Crippen molar-refractivity contribution >= 4 is 27.6 Å². The molecule has 2 N–H and O–H groups in total. The number of anilines is 1. The van der Waals surface area contributed by atoms with Gasteiger partial charge in [-0.2, -0.15) is 27.1 Å². The zero-order valence-electron chi connectivity index (χ0n) is 13.4. The van der Waals surface area contributed by atoms with E-state index in [0.29, 0.717) is 35.3 Å². The molecular weight excluding hydrogens is 357 g/mol. The van der Waals surface area contributed by atoms with E-state index in [4.69, 9.17) is 0 Å². The molecule has 0 amide bonds. The van der Waals surface area contributed by atoms with Crippen molar-refractivity contribution in [2.24, 2.45) is 0 Å². The van der Waals surface area contributed by atoms with E-state index in [9.17, 15) is 22.0 Å². The van der Waals surface area contributed by atoms with E-state index in [1.54, 1.807) is 0 Å². The Bertz CT molecular complexity index is 959. The van der Waals surface area contributed by atoms with Crippen LogP contribution in [0.15, 0.2) is 24.4 Å². The third-order valence-electron chi connectivity index (χ3n) is 4.51. The van der Waals surface area contributed by atoms with Crippen molar-refractivity contribution < 1.29 is 22.0 Å². The molecule has 3 heterocycles. The van der Waals surface area contributed by atoms with Gasteiger partial charge in [0.1, 0.15) is 5.52 Å². The minimum Gasteiger partial charge on any atom is -0.352 e. The highest BCUT2D eigenvalue weighted by molar-refractivity contribution is 6.08. The normalized spacial score (nSPS) is 16.6. The smallest absolute Gasteiger partial charge is 0.352 e. The van der Waals surface area contributed by atoms with Gasteiger partial charge >= 0.3 is 12.1 Å². The number of benzene rings is 1. The highest BCUT2D eigenvalue weighted by Gasteiger charge is 2.58. The largest absolute Gasteiger partial charge is 0.458 e. The van der Waals surface area contributed by atoms with Crippen LogP contribution in [0.25, 0.3) is 21.8 Å². The van der Waals surface area contributed by atoms with Crippen LogP contribution in [0, 0.1) is 0 Å².